The molecule has 0 bridgehead atoms. The van der Waals surface area contributed by atoms with Crippen LogP contribution in [0.4, 0.5) is 15.9 Å². The summed E-state index contributed by atoms with van der Waals surface area (Å²) >= 11 is 0. The Morgan fingerprint density at radius 1 is 1.03 bits per heavy atom. The summed E-state index contributed by atoms with van der Waals surface area (Å²) in [5, 5.41) is 3.48. The standard InChI is InChI=1S/C26H31FN6O/c1-3-34-26-29-18(2)23-25(31-26)33(24(30-23)21-13-22(27)15-28-14-21)17-20-9-7-19(8-10-20)16-32-11-5-4-6-12-32/h7-10,13-15,24,30H,3-6,11-12,16-17H2,1-2H3. The van der Waals surface area contributed by atoms with Crippen LogP contribution in [0, 0.1) is 12.7 Å². The molecule has 1 N–H and O–H groups in total. The third-order valence-electron chi connectivity index (χ3n) is 6.46. The second-order valence-corrected chi connectivity index (χ2v) is 8.99. The maximum atomic E-state index is 14.0. The largest absolute Gasteiger partial charge is 0.464 e. The van der Waals surface area contributed by atoms with Crippen LogP contribution in [0.1, 0.15) is 54.7 Å². The van der Waals surface area contributed by atoms with Crippen LogP contribution in [-0.2, 0) is 13.1 Å². The molecule has 5 rings (SSSR count). The fourth-order valence-corrected chi connectivity index (χ4v) is 4.77. The Labute approximate surface area is 200 Å². The Kier molecular flexibility index (Phi) is 6.58. The van der Waals surface area contributed by atoms with Gasteiger partial charge in [0.15, 0.2) is 5.82 Å². The Morgan fingerprint density at radius 2 is 1.76 bits per heavy atom. The molecule has 178 valence electrons. The van der Waals surface area contributed by atoms with Crippen molar-refractivity contribution in [1.29, 1.82) is 0 Å². The number of nitrogens with one attached hydrogen (secondary N) is 1. The summed E-state index contributed by atoms with van der Waals surface area (Å²) in [6.45, 7) is 8.29. The molecule has 2 aliphatic heterocycles. The number of pyridine rings is 1. The molecule has 0 radical (unpaired) electrons. The van der Waals surface area contributed by atoms with Crippen molar-refractivity contribution in [2.75, 3.05) is 29.9 Å². The van der Waals surface area contributed by atoms with Crippen LogP contribution < -0.4 is 15.0 Å². The number of anilines is 2. The topological polar surface area (TPSA) is 66.4 Å². The van der Waals surface area contributed by atoms with Gasteiger partial charge in [-0.15, -0.1) is 0 Å². The van der Waals surface area contributed by atoms with Crippen LogP contribution in [0.5, 0.6) is 6.01 Å². The summed E-state index contributed by atoms with van der Waals surface area (Å²) in [7, 11) is 0. The highest BCUT2D eigenvalue weighted by molar-refractivity contribution is 5.75. The lowest BCUT2D eigenvalue weighted by Gasteiger charge is -2.27. The summed E-state index contributed by atoms with van der Waals surface area (Å²) in [5.74, 6) is 0.387. The van der Waals surface area contributed by atoms with Crippen LogP contribution in [-0.4, -0.2) is 39.5 Å². The average molecular weight is 463 g/mol. The van der Waals surface area contributed by atoms with Gasteiger partial charge in [-0.1, -0.05) is 30.7 Å². The zero-order valence-electron chi connectivity index (χ0n) is 19.8. The number of aromatic nitrogens is 3. The van der Waals surface area contributed by atoms with Gasteiger partial charge in [0.1, 0.15) is 17.7 Å². The van der Waals surface area contributed by atoms with Gasteiger partial charge in [-0.3, -0.25) is 9.88 Å². The zero-order chi connectivity index (χ0) is 23.5. The molecule has 7 nitrogen and oxygen atoms in total. The highest BCUT2D eigenvalue weighted by Crippen LogP contribution is 2.43. The predicted octanol–water partition coefficient (Wildman–Crippen LogP) is 4.83. The second kappa shape index (κ2) is 9.93. The monoisotopic (exact) mass is 462 g/mol. The molecular formula is C26H31FN6O. The van der Waals surface area contributed by atoms with Crippen molar-refractivity contribution < 1.29 is 9.13 Å². The molecule has 1 atom stereocenters. The molecule has 1 aromatic carbocycles. The van der Waals surface area contributed by atoms with Crippen LogP contribution in [0.3, 0.4) is 0 Å². The number of nitrogens with zero attached hydrogens (tertiary/aromatic N) is 5. The number of rotatable bonds is 7. The number of hydrogen-bond acceptors (Lipinski definition) is 7. The third kappa shape index (κ3) is 4.82. The van der Waals surface area contributed by atoms with E-state index < -0.39 is 0 Å². The molecule has 4 heterocycles. The summed E-state index contributed by atoms with van der Waals surface area (Å²) in [4.78, 5) is 17.9. The highest BCUT2D eigenvalue weighted by atomic mass is 19.1. The van der Waals surface area contributed by atoms with Crippen LogP contribution >= 0.6 is 0 Å². The maximum Gasteiger partial charge on any atom is 0.318 e. The highest BCUT2D eigenvalue weighted by Gasteiger charge is 2.34. The van der Waals surface area contributed by atoms with E-state index >= 15 is 0 Å². The number of benzene rings is 1. The smallest absolute Gasteiger partial charge is 0.318 e. The Morgan fingerprint density at radius 3 is 2.47 bits per heavy atom. The molecule has 0 aliphatic carbocycles. The summed E-state index contributed by atoms with van der Waals surface area (Å²) in [6, 6.07) is 10.6. The van der Waals surface area contributed by atoms with Crippen molar-refractivity contribution in [3.05, 3.63) is 70.9 Å². The van der Waals surface area contributed by atoms with Gasteiger partial charge in [-0.05, 0) is 57.0 Å². The first-order valence-corrected chi connectivity index (χ1v) is 12.1. The molecule has 2 aromatic heterocycles. The zero-order valence-corrected chi connectivity index (χ0v) is 19.8. The van der Waals surface area contributed by atoms with Crippen LogP contribution in [0.2, 0.25) is 0 Å². The molecule has 3 aromatic rings. The normalized spacial score (nSPS) is 18.0. The van der Waals surface area contributed by atoms with Gasteiger partial charge in [-0.2, -0.15) is 9.97 Å². The maximum absolute atomic E-state index is 14.0. The van der Waals surface area contributed by atoms with E-state index in [-0.39, 0.29) is 12.0 Å². The Bertz CT molecular complexity index is 1130. The molecule has 1 saturated heterocycles. The van der Waals surface area contributed by atoms with Gasteiger partial charge in [-0.25, -0.2) is 4.39 Å². The van der Waals surface area contributed by atoms with E-state index in [9.17, 15) is 4.39 Å². The molecule has 0 spiro atoms. The predicted molar refractivity (Wildman–Crippen MR) is 130 cm³/mol. The summed E-state index contributed by atoms with van der Waals surface area (Å²) in [6.07, 6.45) is 6.53. The quantitative estimate of drug-likeness (QED) is 0.539. The molecule has 1 unspecified atom stereocenters. The van der Waals surface area contributed by atoms with Gasteiger partial charge in [0.05, 0.1) is 18.5 Å². The lowest BCUT2D eigenvalue weighted by atomic mass is 10.1. The number of hydrogen-bond donors (Lipinski definition) is 1. The van der Waals surface area contributed by atoms with Gasteiger partial charge >= 0.3 is 6.01 Å². The van der Waals surface area contributed by atoms with Crippen molar-refractivity contribution in [2.45, 2.75) is 52.4 Å². The SMILES string of the molecule is CCOc1nc(C)c2c(n1)N(Cc1ccc(CN3CCCCC3)cc1)C(c1cncc(F)c1)N2. The van der Waals surface area contributed by atoms with E-state index in [1.54, 1.807) is 6.20 Å². The van der Waals surface area contributed by atoms with Gasteiger partial charge in [0.2, 0.25) is 0 Å². The minimum Gasteiger partial charge on any atom is -0.464 e. The minimum absolute atomic E-state index is 0.309. The first-order chi connectivity index (χ1) is 16.6. The fraction of sp³-hybridized carbons (Fsp3) is 0.423. The van der Waals surface area contributed by atoms with E-state index in [0.717, 1.165) is 34.9 Å². The Balaban J connectivity index is 1.42. The van der Waals surface area contributed by atoms with E-state index in [4.69, 9.17) is 4.74 Å². The van der Waals surface area contributed by atoms with Crippen molar-refractivity contribution in [3.63, 3.8) is 0 Å². The van der Waals surface area contributed by atoms with E-state index in [2.05, 4.69) is 54.3 Å². The fourth-order valence-electron chi connectivity index (χ4n) is 4.77. The first kappa shape index (κ1) is 22.5. The summed E-state index contributed by atoms with van der Waals surface area (Å²) < 4.78 is 19.6. The number of likely N-dealkylation sites (tertiary alicyclic amines) is 1. The second-order valence-electron chi connectivity index (χ2n) is 8.99. The number of fused-ring (bicyclic) bond motifs is 1. The van der Waals surface area contributed by atoms with E-state index in [1.807, 2.05) is 13.8 Å². The first-order valence-electron chi connectivity index (χ1n) is 12.1. The van der Waals surface area contributed by atoms with Gasteiger partial charge in [0.25, 0.3) is 0 Å². The van der Waals surface area contributed by atoms with Crippen LogP contribution in [0.15, 0.2) is 42.7 Å². The van der Waals surface area contributed by atoms with Crippen molar-refractivity contribution in [2.24, 2.45) is 0 Å². The average Bonchev–Trinajstić information content (AvgIpc) is 3.20. The lowest BCUT2D eigenvalue weighted by Crippen LogP contribution is -2.29. The Hall–Kier alpha value is -3.26. The third-order valence-corrected chi connectivity index (χ3v) is 6.46. The van der Waals surface area contributed by atoms with Crippen molar-refractivity contribution in [1.82, 2.24) is 19.9 Å². The molecule has 0 amide bonds. The molecule has 1 fully saturated rings. The van der Waals surface area contributed by atoms with Gasteiger partial charge < -0.3 is 15.0 Å². The molecular weight excluding hydrogens is 431 g/mol. The number of ether oxygens (including phenoxy) is 1. The number of piperidine rings is 1. The van der Waals surface area contributed by atoms with Crippen LogP contribution in [0.25, 0.3) is 0 Å². The molecule has 34 heavy (non-hydrogen) atoms. The number of halogens is 1. The lowest BCUT2D eigenvalue weighted by molar-refractivity contribution is 0.221. The van der Waals surface area contributed by atoms with Gasteiger partial charge in [0, 0.05) is 24.8 Å². The van der Waals surface area contributed by atoms with Crippen molar-refractivity contribution >= 4 is 11.5 Å². The minimum atomic E-state index is -0.366. The number of aryl methyl sites for hydroxylation is 1. The van der Waals surface area contributed by atoms with Crippen molar-refractivity contribution in [3.8, 4) is 6.01 Å². The van der Waals surface area contributed by atoms with E-state index in [1.165, 1.54) is 50.2 Å². The van der Waals surface area contributed by atoms with E-state index in [0.29, 0.717) is 19.2 Å². The molecule has 8 heteroatoms. The summed E-state index contributed by atoms with van der Waals surface area (Å²) in [5.41, 5.74) is 4.84. The molecule has 0 saturated carbocycles. The molecule has 2 aliphatic rings.